The molecule has 0 saturated carbocycles. The lowest BCUT2D eigenvalue weighted by Gasteiger charge is -2.29. The second kappa shape index (κ2) is 9.54. The Hall–Kier alpha value is -2.43. The minimum Gasteiger partial charge on any atom is -0.385 e. The summed E-state index contributed by atoms with van der Waals surface area (Å²) in [5.74, 6) is -1.61. The van der Waals surface area contributed by atoms with Gasteiger partial charge in [-0.05, 0) is 11.8 Å². The number of nitrogens with two attached hydrogens (primary N) is 1. The molecule has 1 spiro atoms. The van der Waals surface area contributed by atoms with E-state index in [1.807, 2.05) is 0 Å². The summed E-state index contributed by atoms with van der Waals surface area (Å²) < 4.78 is 57.0. The van der Waals surface area contributed by atoms with E-state index in [0.717, 1.165) is 0 Å². The number of epoxide rings is 1. The van der Waals surface area contributed by atoms with Crippen molar-refractivity contribution in [3.05, 3.63) is 35.5 Å². The van der Waals surface area contributed by atoms with Gasteiger partial charge in [0.05, 0.1) is 31.0 Å². The topological polar surface area (TPSA) is 259 Å². The highest BCUT2D eigenvalue weighted by Crippen LogP contribution is 2.68. The highest BCUT2D eigenvalue weighted by molar-refractivity contribution is 8.44. The van der Waals surface area contributed by atoms with Crippen LogP contribution < -0.4 is 11.3 Å². The summed E-state index contributed by atoms with van der Waals surface area (Å²) in [5.41, 5.74) is 6.16. The van der Waals surface area contributed by atoms with E-state index in [9.17, 15) is 19.4 Å². The third-order valence-electron chi connectivity index (χ3n) is 7.31. The van der Waals surface area contributed by atoms with Gasteiger partial charge in [0.25, 0.3) is 5.56 Å². The number of imidazole rings is 2. The number of thiol groups is 1. The molecule has 0 radical (unpaired) electrons. The zero-order chi connectivity index (χ0) is 29.9. The van der Waals surface area contributed by atoms with E-state index in [0.29, 0.717) is 11.2 Å². The van der Waals surface area contributed by atoms with Crippen molar-refractivity contribution in [3.8, 4) is 0 Å². The van der Waals surface area contributed by atoms with Gasteiger partial charge in [0.15, 0.2) is 41.8 Å². The molecule has 4 aromatic rings. The van der Waals surface area contributed by atoms with Crippen molar-refractivity contribution < 1.29 is 46.9 Å². The standard InChI is InChI=1S/C19H19N9O11P2S2/c20-13-9-14(22-3-21-13)28(5-24-9)17-12-19(36-12)7(34-17)2-33-40(31,42)37-11-10(29)18(38-41(32,43)39-19)35-16(11)27-4-23-8-6(27)1-25-26-15(8)30/h1,3-5,7,10-12,16-18,29H,2H2,(H,26,30)(H,31,42)(H,32,43)(H2,20,21,22)/t7-,10+,11-,12+,16?,17-,18-,19+,40?,41?/m1/s1. The number of aliphatic hydroxyl groups excluding tert-OH is 1. The maximum atomic E-state index is 13.6. The number of hydrogen-bond donors (Lipinski definition) is 5. The van der Waals surface area contributed by atoms with Crippen molar-refractivity contribution in [2.45, 2.75) is 48.9 Å². The van der Waals surface area contributed by atoms with Gasteiger partial charge in [-0.2, -0.15) is 5.10 Å². The van der Waals surface area contributed by atoms with Crippen molar-refractivity contribution in [2.24, 2.45) is 0 Å². The van der Waals surface area contributed by atoms with Gasteiger partial charge in [-0.25, -0.2) is 29.6 Å². The molecule has 0 amide bonds. The highest BCUT2D eigenvalue weighted by Gasteiger charge is 2.76. The van der Waals surface area contributed by atoms with Crippen LogP contribution in [0.15, 0.2) is 30.0 Å². The number of nitrogens with zero attached hydrogens (tertiary/aromatic N) is 7. The maximum absolute atomic E-state index is 13.6. The number of nitrogens with one attached hydrogen (secondary N) is 1. The molecule has 4 fully saturated rings. The number of rotatable bonds is 2. The normalized spacial score (nSPS) is 41.0. The van der Waals surface area contributed by atoms with E-state index in [1.165, 1.54) is 34.3 Å². The monoisotopic (exact) mass is 675 g/mol. The van der Waals surface area contributed by atoms with E-state index in [4.69, 9.17) is 49.8 Å². The first-order valence-corrected chi connectivity index (χ1v) is 17.6. The lowest BCUT2D eigenvalue weighted by molar-refractivity contribution is -0.153. The fraction of sp³-hybridized carbons (Fsp3) is 0.474. The van der Waals surface area contributed by atoms with E-state index >= 15 is 0 Å². The van der Waals surface area contributed by atoms with Gasteiger partial charge in [-0.3, -0.25) is 27.5 Å². The van der Waals surface area contributed by atoms with Crippen LogP contribution in [0, 0.1) is 0 Å². The molecule has 4 aliphatic heterocycles. The summed E-state index contributed by atoms with van der Waals surface area (Å²) in [7, 11) is 0. The summed E-state index contributed by atoms with van der Waals surface area (Å²) in [4.78, 5) is 39.6. The number of nitrogen functional groups attached to an aromatic ring is 1. The molecule has 5 N–H and O–H groups in total. The third kappa shape index (κ3) is 4.41. The van der Waals surface area contributed by atoms with Gasteiger partial charge in [0, 0.05) is 0 Å². The first-order chi connectivity index (χ1) is 20.5. The Labute approximate surface area is 248 Å². The molecule has 10 atom stereocenters. The SMILES string of the molecule is Nc1ncnc2c1ncn2[C@@H]1O[C@@H]2COP(O)(=S)O[C@H]3C(n4cnc5c(=O)[nH]ncc54)O[C@H](OP(=O)(S)O[C@@]24O[C@@H]14)[C@H]3O. The number of aromatic nitrogens is 8. The van der Waals surface area contributed by atoms with Crippen LogP contribution in [0.1, 0.15) is 12.5 Å². The summed E-state index contributed by atoms with van der Waals surface area (Å²) in [6.07, 6.45) is -3.98. The number of aliphatic hydroxyl groups is 1. The fourth-order valence-corrected chi connectivity index (χ4v) is 8.54. The number of fused-ring (bicyclic) bond motifs is 4. The lowest BCUT2D eigenvalue weighted by atomic mass is 10.2. The molecular formula is C19H19N9O11P2S2. The van der Waals surface area contributed by atoms with Crippen molar-refractivity contribution in [1.29, 1.82) is 0 Å². The van der Waals surface area contributed by atoms with Crippen LogP contribution in [0.2, 0.25) is 0 Å². The van der Waals surface area contributed by atoms with Crippen LogP contribution in [0.5, 0.6) is 0 Å². The van der Waals surface area contributed by atoms with Crippen LogP contribution in [-0.4, -0.2) is 92.4 Å². The van der Waals surface area contributed by atoms with E-state index < -0.39 is 74.6 Å². The van der Waals surface area contributed by atoms with Crippen LogP contribution in [-0.2, 0) is 48.7 Å². The van der Waals surface area contributed by atoms with Crippen molar-refractivity contribution in [1.82, 2.24) is 39.3 Å². The Morgan fingerprint density at radius 2 is 1.93 bits per heavy atom. The Balaban J connectivity index is 1.13. The zero-order valence-corrected chi connectivity index (χ0v) is 24.6. The highest BCUT2D eigenvalue weighted by atomic mass is 32.7. The van der Waals surface area contributed by atoms with E-state index in [2.05, 4.69) is 42.4 Å². The predicted molar refractivity (Wildman–Crippen MR) is 145 cm³/mol. The molecule has 8 heterocycles. The first kappa shape index (κ1) is 28.1. The molecule has 4 saturated heterocycles. The molecule has 2 bridgehead atoms. The molecule has 0 aromatic carbocycles. The van der Waals surface area contributed by atoms with E-state index in [-0.39, 0.29) is 16.9 Å². The van der Waals surface area contributed by atoms with Crippen LogP contribution >= 0.6 is 25.8 Å². The summed E-state index contributed by atoms with van der Waals surface area (Å²) in [5, 5.41) is 17.1. The Morgan fingerprint density at radius 3 is 2.77 bits per heavy atom. The van der Waals surface area contributed by atoms with Gasteiger partial charge in [0.2, 0.25) is 5.79 Å². The first-order valence-electron chi connectivity index (χ1n) is 12.3. The summed E-state index contributed by atoms with van der Waals surface area (Å²) >= 11 is 9.36. The van der Waals surface area contributed by atoms with Crippen molar-refractivity contribution in [2.75, 3.05) is 12.3 Å². The van der Waals surface area contributed by atoms with Crippen LogP contribution in [0.4, 0.5) is 5.82 Å². The smallest absolute Gasteiger partial charge is 0.385 e. The van der Waals surface area contributed by atoms with Crippen molar-refractivity contribution >= 4 is 65.6 Å². The molecule has 8 rings (SSSR count). The van der Waals surface area contributed by atoms with E-state index in [1.54, 1.807) is 0 Å². The van der Waals surface area contributed by atoms with Gasteiger partial charge in [-0.1, -0.05) is 12.2 Å². The molecule has 4 aliphatic rings. The Morgan fingerprint density at radius 1 is 1.14 bits per heavy atom. The van der Waals surface area contributed by atoms with Gasteiger partial charge >= 0.3 is 13.5 Å². The number of ether oxygens (including phenoxy) is 3. The zero-order valence-electron chi connectivity index (χ0n) is 21.1. The molecule has 24 heteroatoms. The molecule has 4 aromatic heterocycles. The molecule has 3 unspecified atom stereocenters. The van der Waals surface area contributed by atoms with Crippen LogP contribution in [0.25, 0.3) is 22.2 Å². The predicted octanol–water partition coefficient (Wildman–Crippen LogP) is -0.547. The fourth-order valence-electron chi connectivity index (χ4n) is 5.38. The van der Waals surface area contributed by atoms with Gasteiger partial charge in [0.1, 0.15) is 30.2 Å². The average Bonchev–Trinajstić information content (AvgIpc) is 3.30. The molecule has 228 valence electrons. The summed E-state index contributed by atoms with van der Waals surface area (Å²) in [6.45, 7) is -9.05. The maximum Gasteiger partial charge on any atom is 0.391 e. The number of hydrogen-bond acceptors (Lipinski definition) is 17. The quantitative estimate of drug-likeness (QED) is 0.101. The molecule has 20 nitrogen and oxygen atoms in total. The molecule has 0 aliphatic carbocycles. The van der Waals surface area contributed by atoms with Gasteiger partial charge < -0.3 is 34.5 Å². The van der Waals surface area contributed by atoms with Crippen LogP contribution in [0.3, 0.4) is 0 Å². The molecular weight excluding hydrogens is 656 g/mol. The van der Waals surface area contributed by atoms with Gasteiger partial charge in [-0.15, -0.1) is 0 Å². The number of H-pyrrole nitrogens is 1. The average molecular weight is 675 g/mol. The Kier molecular flexibility index (Phi) is 6.23. The second-order valence-corrected chi connectivity index (χ2v) is 15.4. The second-order valence-electron chi connectivity index (χ2n) is 9.83. The number of anilines is 1. The lowest BCUT2D eigenvalue weighted by Crippen LogP contribution is -2.38. The molecule has 43 heavy (non-hydrogen) atoms. The largest absolute Gasteiger partial charge is 0.391 e. The number of aromatic amines is 1. The Bertz CT molecular complexity index is 1940. The summed E-state index contributed by atoms with van der Waals surface area (Å²) in [6, 6.07) is 0. The minimum atomic E-state index is -4.42. The minimum absolute atomic E-state index is 0.00683. The van der Waals surface area contributed by atoms with Crippen molar-refractivity contribution in [3.63, 3.8) is 0 Å². The third-order valence-corrected chi connectivity index (χ3v) is 10.4.